The van der Waals surface area contributed by atoms with Crippen LogP contribution in [-0.2, 0) is 0 Å². The number of pyridine rings is 3. The molecule has 3 N–H and O–H groups in total. The average Bonchev–Trinajstić information content (AvgIpc) is 3.21. The summed E-state index contributed by atoms with van der Waals surface area (Å²) in [4.78, 5) is 37.5. The van der Waals surface area contributed by atoms with Crippen LogP contribution in [0.5, 0.6) is 0 Å². The SMILES string of the molecule is CC(C)(C)[C@@H](NC(=O)c1cn(-c2ncc(F)cc2F)c2nc(N3CCN(CCO)C3O)ccc2c1=O)C(F)(F)F. The Morgan fingerprint density at radius 2 is 1.90 bits per heavy atom. The number of aromatic nitrogens is 3. The van der Waals surface area contributed by atoms with Crippen molar-refractivity contribution < 1.29 is 37.0 Å². The molecule has 0 saturated carbocycles. The fourth-order valence-corrected chi connectivity index (χ4v) is 4.51. The standard InChI is InChI=1S/C25H27F5N6O4/c1-24(2,3)22(25(28,29)30)33-21(39)15-12-36(20-16(27)10-13(26)11-31-20)19-14(18(15)38)4-5-17(32-19)35-7-6-34(8-9-37)23(35)40/h4-5,10-12,22-23,37,40H,6-9H2,1-3H3,(H,33,39)/t22-,23?/m1/s1. The number of anilines is 1. The molecule has 1 aliphatic rings. The van der Waals surface area contributed by atoms with Crippen molar-refractivity contribution in [3.8, 4) is 5.82 Å². The summed E-state index contributed by atoms with van der Waals surface area (Å²) in [5, 5.41) is 21.4. The molecule has 1 saturated heterocycles. The molecule has 0 bridgehead atoms. The van der Waals surface area contributed by atoms with E-state index in [2.05, 4.69) is 9.97 Å². The maximum atomic E-state index is 14.9. The van der Waals surface area contributed by atoms with Crippen molar-refractivity contribution in [1.29, 1.82) is 0 Å². The van der Waals surface area contributed by atoms with Gasteiger partial charge in [-0.05, 0) is 17.5 Å². The molecule has 0 aliphatic carbocycles. The number of carbonyl (C=O) groups excluding carboxylic acids is 1. The first-order chi connectivity index (χ1) is 18.6. The Bertz CT molecular complexity index is 1480. The van der Waals surface area contributed by atoms with Gasteiger partial charge in [0.05, 0.1) is 18.2 Å². The van der Waals surface area contributed by atoms with Gasteiger partial charge in [-0.25, -0.2) is 18.7 Å². The third kappa shape index (κ3) is 5.62. The fourth-order valence-electron chi connectivity index (χ4n) is 4.51. The summed E-state index contributed by atoms with van der Waals surface area (Å²) in [5.74, 6) is -4.00. The van der Waals surface area contributed by atoms with Crippen LogP contribution < -0.4 is 15.6 Å². The van der Waals surface area contributed by atoms with Gasteiger partial charge in [-0.15, -0.1) is 0 Å². The number of halogens is 5. The molecule has 0 aromatic carbocycles. The lowest BCUT2D eigenvalue weighted by Gasteiger charge is -2.33. The molecule has 0 radical (unpaired) electrons. The molecule has 15 heteroatoms. The Balaban J connectivity index is 1.89. The van der Waals surface area contributed by atoms with Gasteiger partial charge in [-0.2, -0.15) is 13.2 Å². The van der Waals surface area contributed by atoms with Crippen LogP contribution in [0.15, 0.2) is 35.4 Å². The molecule has 1 aliphatic heterocycles. The molecule has 10 nitrogen and oxygen atoms in total. The van der Waals surface area contributed by atoms with Gasteiger partial charge in [-0.3, -0.25) is 19.1 Å². The minimum absolute atomic E-state index is 0.137. The summed E-state index contributed by atoms with van der Waals surface area (Å²) < 4.78 is 70.6. The zero-order chi connectivity index (χ0) is 29.6. The highest BCUT2D eigenvalue weighted by atomic mass is 19.4. The molecule has 2 atom stereocenters. The molecule has 1 unspecified atom stereocenters. The largest absolute Gasteiger partial charge is 0.409 e. The molecule has 1 amide bonds. The van der Waals surface area contributed by atoms with E-state index in [4.69, 9.17) is 0 Å². The Labute approximate surface area is 224 Å². The van der Waals surface area contributed by atoms with E-state index in [1.54, 1.807) is 4.90 Å². The van der Waals surface area contributed by atoms with E-state index in [1.165, 1.54) is 37.8 Å². The van der Waals surface area contributed by atoms with Gasteiger partial charge in [0.15, 0.2) is 23.6 Å². The topological polar surface area (TPSA) is 124 Å². The Kier molecular flexibility index (Phi) is 7.84. The Morgan fingerprint density at radius 3 is 2.50 bits per heavy atom. The average molecular weight is 571 g/mol. The van der Waals surface area contributed by atoms with Crippen LogP contribution in [-0.4, -0.2) is 80.4 Å². The van der Waals surface area contributed by atoms with E-state index in [9.17, 15) is 41.8 Å². The number of aliphatic hydroxyl groups is 2. The van der Waals surface area contributed by atoms with E-state index < -0.39 is 58.3 Å². The summed E-state index contributed by atoms with van der Waals surface area (Å²) >= 11 is 0. The Morgan fingerprint density at radius 1 is 1.20 bits per heavy atom. The van der Waals surface area contributed by atoms with E-state index >= 15 is 0 Å². The third-order valence-electron chi connectivity index (χ3n) is 6.48. The van der Waals surface area contributed by atoms with Crippen molar-refractivity contribution >= 4 is 22.8 Å². The monoisotopic (exact) mass is 570 g/mol. The molecule has 0 spiro atoms. The molecule has 216 valence electrons. The summed E-state index contributed by atoms with van der Waals surface area (Å²) in [7, 11) is 0. The summed E-state index contributed by atoms with van der Waals surface area (Å²) in [5.41, 5.74) is -3.44. The number of aliphatic hydroxyl groups excluding tert-OH is 2. The van der Waals surface area contributed by atoms with Crippen LogP contribution in [0.3, 0.4) is 0 Å². The van der Waals surface area contributed by atoms with Crippen LogP contribution in [0, 0.1) is 17.0 Å². The number of carbonyl (C=O) groups is 1. The zero-order valence-electron chi connectivity index (χ0n) is 21.7. The Hall–Kier alpha value is -3.69. The van der Waals surface area contributed by atoms with E-state index in [0.29, 0.717) is 18.8 Å². The second-order valence-corrected chi connectivity index (χ2v) is 10.4. The van der Waals surface area contributed by atoms with Gasteiger partial charge in [-0.1, -0.05) is 20.8 Å². The first kappa shape index (κ1) is 29.3. The normalized spacial score (nSPS) is 17.4. The van der Waals surface area contributed by atoms with Crippen molar-refractivity contribution in [3.05, 3.63) is 58.0 Å². The number of β-amino-alcohol motifs (C(OH)–C–C–N with tert-alkyl or cyclic N) is 1. The summed E-state index contributed by atoms with van der Waals surface area (Å²) in [6.07, 6.45) is -4.54. The maximum absolute atomic E-state index is 14.9. The number of fused-ring (bicyclic) bond motifs is 1. The van der Waals surface area contributed by atoms with Gasteiger partial charge in [0.2, 0.25) is 5.43 Å². The second-order valence-electron chi connectivity index (χ2n) is 10.4. The number of nitrogens with one attached hydrogen (secondary N) is 1. The fraction of sp³-hybridized carbons (Fsp3) is 0.440. The van der Waals surface area contributed by atoms with Gasteiger partial charge in [0, 0.05) is 31.9 Å². The van der Waals surface area contributed by atoms with Crippen molar-refractivity contribution in [2.24, 2.45) is 5.41 Å². The lowest BCUT2D eigenvalue weighted by Crippen LogP contribution is -2.53. The highest BCUT2D eigenvalue weighted by Gasteiger charge is 2.48. The maximum Gasteiger partial charge on any atom is 0.409 e. The molecule has 3 aromatic heterocycles. The number of alkyl halides is 3. The number of hydrogen-bond acceptors (Lipinski definition) is 8. The van der Waals surface area contributed by atoms with Gasteiger partial charge < -0.3 is 20.4 Å². The minimum atomic E-state index is -4.84. The molecule has 3 aromatic rings. The van der Waals surface area contributed by atoms with Gasteiger partial charge in [0.1, 0.15) is 23.2 Å². The first-order valence-electron chi connectivity index (χ1n) is 12.2. The first-order valence-corrected chi connectivity index (χ1v) is 12.2. The van der Waals surface area contributed by atoms with Gasteiger partial charge in [0.25, 0.3) is 5.91 Å². The van der Waals surface area contributed by atoms with Crippen LogP contribution in [0.4, 0.5) is 27.8 Å². The highest BCUT2D eigenvalue weighted by Crippen LogP contribution is 2.33. The predicted octanol–water partition coefficient (Wildman–Crippen LogP) is 2.16. The third-order valence-corrected chi connectivity index (χ3v) is 6.48. The molecule has 4 rings (SSSR count). The van der Waals surface area contributed by atoms with Crippen molar-refractivity contribution in [2.75, 3.05) is 31.1 Å². The number of amides is 1. The number of hydrogen-bond donors (Lipinski definition) is 3. The summed E-state index contributed by atoms with van der Waals surface area (Å²) in [6.45, 7) is 4.41. The number of nitrogens with zero attached hydrogens (tertiary/aromatic N) is 5. The number of rotatable bonds is 6. The highest BCUT2D eigenvalue weighted by molar-refractivity contribution is 5.97. The summed E-state index contributed by atoms with van der Waals surface area (Å²) in [6, 6.07) is 0.771. The molecule has 4 heterocycles. The van der Waals surface area contributed by atoms with E-state index in [-0.39, 0.29) is 36.5 Å². The van der Waals surface area contributed by atoms with Crippen molar-refractivity contribution in [1.82, 2.24) is 24.8 Å². The van der Waals surface area contributed by atoms with E-state index in [0.717, 1.165) is 10.8 Å². The lowest BCUT2D eigenvalue weighted by molar-refractivity contribution is -0.174. The smallest absolute Gasteiger partial charge is 0.395 e. The zero-order valence-corrected chi connectivity index (χ0v) is 21.7. The molecule has 1 fully saturated rings. The predicted molar refractivity (Wildman–Crippen MR) is 134 cm³/mol. The molecular weight excluding hydrogens is 543 g/mol. The quantitative estimate of drug-likeness (QED) is 0.386. The van der Waals surface area contributed by atoms with Crippen LogP contribution in [0.2, 0.25) is 0 Å². The minimum Gasteiger partial charge on any atom is -0.395 e. The van der Waals surface area contributed by atoms with Crippen molar-refractivity contribution in [3.63, 3.8) is 0 Å². The van der Waals surface area contributed by atoms with Gasteiger partial charge >= 0.3 is 6.18 Å². The van der Waals surface area contributed by atoms with Crippen LogP contribution in [0.25, 0.3) is 16.9 Å². The van der Waals surface area contributed by atoms with Crippen LogP contribution >= 0.6 is 0 Å². The molecular formula is C25H27F5N6O4. The van der Waals surface area contributed by atoms with Crippen molar-refractivity contribution in [2.45, 2.75) is 39.3 Å². The van der Waals surface area contributed by atoms with Crippen LogP contribution in [0.1, 0.15) is 31.1 Å². The molecule has 40 heavy (non-hydrogen) atoms. The lowest BCUT2D eigenvalue weighted by atomic mass is 9.86. The van der Waals surface area contributed by atoms with E-state index in [1.807, 2.05) is 5.32 Å². The second kappa shape index (κ2) is 10.7.